The van der Waals surface area contributed by atoms with Crippen LogP contribution in [0.5, 0.6) is 5.75 Å². The van der Waals surface area contributed by atoms with E-state index in [-0.39, 0.29) is 29.2 Å². The number of nitrogens with zero attached hydrogens (tertiary/aromatic N) is 2. The highest BCUT2D eigenvalue weighted by Gasteiger charge is 2.31. The van der Waals surface area contributed by atoms with E-state index in [0.717, 1.165) is 12.1 Å². The Morgan fingerprint density at radius 2 is 1.81 bits per heavy atom. The Bertz CT molecular complexity index is 1140. The average Bonchev–Trinajstić information content (AvgIpc) is 3.05. The third kappa shape index (κ3) is 4.60. The van der Waals surface area contributed by atoms with Crippen LogP contribution in [0.4, 0.5) is 13.2 Å². The summed E-state index contributed by atoms with van der Waals surface area (Å²) in [6, 6.07) is 11.6. The van der Waals surface area contributed by atoms with Crippen LogP contribution in [0, 0.1) is 13.8 Å². The number of aryl methyl sites for hydroxylation is 1. The number of aromatic nitrogens is 2. The highest BCUT2D eigenvalue weighted by atomic mass is 19.4. The number of benzene rings is 2. The molecule has 0 atom stereocenters. The summed E-state index contributed by atoms with van der Waals surface area (Å²) < 4.78 is 45.6. The lowest BCUT2D eigenvalue weighted by Crippen LogP contribution is -2.31. The van der Waals surface area contributed by atoms with E-state index < -0.39 is 23.4 Å². The monoisotopic (exact) mass is 431 g/mol. The molecule has 1 heterocycles. The molecule has 0 unspecified atom stereocenters. The molecule has 1 N–H and O–H groups in total. The molecule has 9 heteroatoms. The highest BCUT2D eigenvalue weighted by molar-refractivity contribution is 6.43. The van der Waals surface area contributed by atoms with Crippen molar-refractivity contribution < 1.29 is 27.5 Å². The van der Waals surface area contributed by atoms with Crippen LogP contribution in [0.3, 0.4) is 0 Å². The van der Waals surface area contributed by atoms with Gasteiger partial charge in [0.1, 0.15) is 5.75 Å². The van der Waals surface area contributed by atoms with Gasteiger partial charge in [0.25, 0.3) is 11.7 Å². The van der Waals surface area contributed by atoms with Crippen LogP contribution in [0.2, 0.25) is 0 Å². The second-order valence-corrected chi connectivity index (χ2v) is 6.83. The molecule has 3 aromatic rings. The van der Waals surface area contributed by atoms with Crippen molar-refractivity contribution in [3.63, 3.8) is 0 Å². The lowest BCUT2D eigenvalue weighted by Gasteiger charge is -2.10. The molecule has 0 bridgehead atoms. The van der Waals surface area contributed by atoms with Crippen molar-refractivity contribution >= 4 is 11.7 Å². The van der Waals surface area contributed by atoms with E-state index in [0.29, 0.717) is 11.3 Å². The molecule has 0 saturated heterocycles. The number of hydrogen-bond acceptors (Lipinski definition) is 4. The number of nitrogens with one attached hydrogen (secondary N) is 1. The molecule has 0 saturated carbocycles. The standard InChI is InChI=1S/C22H20F3N3O3/c1-13-19(20(29)21(30)26-12-15-7-4-5-10-18(15)31-3)14(2)28(27-13)17-9-6-8-16(11-17)22(23,24)25/h4-11H,12H2,1-3H3,(H,26,30). The quantitative estimate of drug-likeness (QED) is 0.473. The third-order valence-electron chi connectivity index (χ3n) is 4.77. The molecule has 3 rings (SSSR count). The SMILES string of the molecule is COc1ccccc1CNC(=O)C(=O)c1c(C)nn(-c2cccc(C(F)(F)F)c2)c1C. The van der Waals surface area contributed by atoms with E-state index in [1.807, 2.05) is 0 Å². The second kappa shape index (κ2) is 8.63. The molecule has 0 radical (unpaired) electrons. The third-order valence-corrected chi connectivity index (χ3v) is 4.77. The van der Waals surface area contributed by atoms with Gasteiger partial charge in [0.05, 0.1) is 35.3 Å². The largest absolute Gasteiger partial charge is 0.496 e. The van der Waals surface area contributed by atoms with E-state index in [1.165, 1.54) is 37.8 Å². The molecule has 0 aliphatic rings. The van der Waals surface area contributed by atoms with Gasteiger partial charge in [-0.2, -0.15) is 18.3 Å². The van der Waals surface area contributed by atoms with E-state index >= 15 is 0 Å². The Balaban J connectivity index is 1.84. The average molecular weight is 431 g/mol. The molecule has 31 heavy (non-hydrogen) atoms. The zero-order valence-corrected chi connectivity index (χ0v) is 17.1. The molecule has 1 amide bonds. The minimum Gasteiger partial charge on any atom is -0.496 e. The van der Waals surface area contributed by atoms with Gasteiger partial charge in [-0.1, -0.05) is 24.3 Å². The molecule has 0 aliphatic heterocycles. The number of para-hydroxylation sites is 1. The van der Waals surface area contributed by atoms with E-state index in [9.17, 15) is 22.8 Å². The summed E-state index contributed by atoms with van der Waals surface area (Å²) in [5, 5.41) is 6.73. The summed E-state index contributed by atoms with van der Waals surface area (Å²) in [5.41, 5.74) is 0.569. The van der Waals surface area contributed by atoms with Crippen molar-refractivity contribution in [3.05, 3.63) is 76.6 Å². The molecule has 0 fully saturated rings. The van der Waals surface area contributed by atoms with Crippen LogP contribution >= 0.6 is 0 Å². The topological polar surface area (TPSA) is 73.2 Å². The van der Waals surface area contributed by atoms with Gasteiger partial charge in [0.15, 0.2) is 0 Å². The van der Waals surface area contributed by atoms with Crippen molar-refractivity contribution in [1.82, 2.24) is 15.1 Å². The molecule has 162 valence electrons. The van der Waals surface area contributed by atoms with Crippen LogP contribution in [0.25, 0.3) is 5.69 Å². The van der Waals surface area contributed by atoms with Crippen molar-refractivity contribution in [1.29, 1.82) is 0 Å². The summed E-state index contributed by atoms with van der Waals surface area (Å²) in [5.74, 6) is -1.09. The van der Waals surface area contributed by atoms with Gasteiger partial charge < -0.3 is 10.1 Å². The Kier molecular flexibility index (Phi) is 6.14. The highest BCUT2D eigenvalue weighted by Crippen LogP contribution is 2.31. The van der Waals surface area contributed by atoms with Crippen molar-refractivity contribution in [2.24, 2.45) is 0 Å². The fourth-order valence-corrected chi connectivity index (χ4v) is 3.26. The number of hydrogen-bond donors (Lipinski definition) is 1. The normalized spacial score (nSPS) is 11.3. The lowest BCUT2D eigenvalue weighted by molar-refractivity contribution is -0.137. The van der Waals surface area contributed by atoms with Gasteiger partial charge >= 0.3 is 6.18 Å². The van der Waals surface area contributed by atoms with Gasteiger partial charge in [-0.05, 0) is 38.1 Å². The minimum atomic E-state index is -4.51. The van der Waals surface area contributed by atoms with E-state index in [1.54, 1.807) is 24.3 Å². The maximum Gasteiger partial charge on any atom is 0.416 e. The zero-order valence-electron chi connectivity index (χ0n) is 17.1. The molecule has 0 spiro atoms. The van der Waals surface area contributed by atoms with Crippen LogP contribution in [-0.2, 0) is 17.5 Å². The molecular formula is C22H20F3N3O3. The number of amides is 1. The Hall–Kier alpha value is -3.62. The summed E-state index contributed by atoms with van der Waals surface area (Å²) in [6.45, 7) is 3.13. The minimum absolute atomic E-state index is 0.0509. The molecule has 2 aromatic carbocycles. The van der Waals surface area contributed by atoms with Crippen molar-refractivity contribution in [2.75, 3.05) is 7.11 Å². The fraction of sp³-hybridized carbons (Fsp3) is 0.227. The summed E-state index contributed by atoms with van der Waals surface area (Å²) >= 11 is 0. The number of ether oxygens (including phenoxy) is 1. The number of carbonyl (C=O) groups is 2. The Labute approximate surface area is 176 Å². The number of halogens is 3. The van der Waals surface area contributed by atoms with Crippen LogP contribution in [0.1, 0.15) is 32.9 Å². The van der Waals surface area contributed by atoms with Gasteiger partial charge in [0.2, 0.25) is 0 Å². The van der Waals surface area contributed by atoms with Gasteiger partial charge in [-0.15, -0.1) is 0 Å². The number of methoxy groups -OCH3 is 1. The smallest absolute Gasteiger partial charge is 0.416 e. The Morgan fingerprint density at radius 1 is 1.10 bits per heavy atom. The summed E-state index contributed by atoms with van der Waals surface area (Å²) in [4.78, 5) is 25.2. The molecule has 1 aromatic heterocycles. The number of alkyl halides is 3. The van der Waals surface area contributed by atoms with E-state index in [4.69, 9.17) is 4.74 Å². The van der Waals surface area contributed by atoms with Crippen LogP contribution < -0.4 is 10.1 Å². The van der Waals surface area contributed by atoms with Gasteiger partial charge in [-0.3, -0.25) is 9.59 Å². The first kappa shape index (κ1) is 22.1. The summed E-state index contributed by atoms with van der Waals surface area (Å²) in [7, 11) is 1.50. The number of ketones is 1. The predicted molar refractivity (Wildman–Crippen MR) is 107 cm³/mol. The number of carbonyl (C=O) groups excluding carboxylic acids is 2. The van der Waals surface area contributed by atoms with Crippen molar-refractivity contribution in [2.45, 2.75) is 26.6 Å². The second-order valence-electron chi connectivity index (χ2n) is 6.83. The summed E-state index contributed by atoms with van der Waals surface area (Å²) in [6.07, 6.45) is -4.51. The predicted octanol–water partition coefficient (Wildman–Crippen LogP) is 4.02. The van der Waals surface area contributed by atoms with Gasteiger partial charge in [-0.25, -0.2) is 4.68 Å². The van der Waals surface area contributed by atoms with Gasteiger partial charge in [0, 0.05) is 12.1 Å². The van der Waals surface area contributed by atoms with E-state index in [2.05, 4.69) is 10.4 Å². The first-order valence-electron chi connectivity index (χ1n) is 9.31. The first-order chi connectivity index (χ1) is 14.6. The van der Waals surface area contributed by atoms with Crippen LogP contribution in [-0.4, -0.2) is 28.6 Å². The molecular weight excluding hydrogens is 411 g/mol. The lowest BCUT2D eigenvalue weighted by atomic mass is 10.1. The first-order valence-corrected chi connectivity index (χ1v) is 9.31. The number of rotatable bonds is 6. The maximum absolute atomic E-state index is 13.0. The fourth-order valence-electron chi connectivity index (χ4n) is 3.26. The molecule has 6 nitrogen and oxygen atoms in total. The maximum atomic E-state index is 13.0. The molecule has 0 aliphatic carbocycles. The zero-order chi connectivity index (χ0) is 22.8. The van der Waals surface area contributed by atoms with Crippen LogP contribution in [0.15, 0.2) is 48.5 Å². The number of Topliss-reactive ketones (excluding diaryl/α,β-unsaturated/α-hetero) is 1. The Morgan fingerprint density at radius 3 is 2.48 bits per heavy atom. The van der Waals surface area contributed by atoms with Crippen molar-refractivity contribution in [3.8, 4) is 11.4 Å².